The average molecular weight is 227 g/mol. The van der Waals surface area contributed by atoms with Crippen molar-refractivity contribution in [2.24, 2.45) is 0 Å². The van der Waals surface area contributed by atoms with Crippen LogP contribution in [0.15, 0.2) is 48.8 Å². The van der Waals surface area contributed by atoms with Gasteiger partial charge in [0.2, 0.25) is 0 Å². The van der Waals surface area contributed by atoms with Crippen molar-refractivity contribution in [3.8, 4) is 0 Å². The summed E-state index contributed by atoms with van der Waals surface area (Å²) in [6.07, 6.45) is 3.61. The zero-order valence-electron chi connectivity index (χ0n) is 10.3. The number of nitrogens with zero attached hydrogens (tertiary/aromatic N) is 1. The topological polar surface area (TPSA) is 22.1 Å². The highest BCUT2D eigenvalue weighted by Crippen LogP contribution is 2.27. The molecule has 0 aliphatic heterocycles. The predicted molar refractivity (Wildman–Crippen MR) is 68.9 cm³/mol. The molecular weight excluding hydrogens is 210 g/mol. The maximum Gasteiger partial charge on any atom is 0.108 e. The minimum absolute atomic E-state index is 0.00389. The predicted octanol–water partition coefficient (Wildman–Crippen LogP) is 3.52. The van der Waals surface area contributed by atoms with E-state index in [0.29, 0.717) is 6.61 Å². The van der Waals surface area contributed by atoms with Gasteiger partial charge >= 0.3 is 0 Å². The second-order valence-corrected chi connectivity index (χ2v) is 3.97. The Morgan fingerprint density at radius 1 is 1.12 bits per heavy atom. The third-order valence-corrected chi connectivity index (χ3v) is 2.81. The largest absolute Gasteiger partial charge is 0.369 e. The number of pyridine rings is 1. The molecule has 1 atom stereocenters. The Bertz CT molecular complexity index is 467. The van der Waals surface area contributed by atoms with Crippen LogP contribution in [0.3, 0.4) is 0 Å². The molecule has 2 heteroatoms. The zero-order valence-corrected chi connectivity index (χ0v) is 10.3. The van der Waals surface area contributed by atoms with Gasteiger partial charge in [0.25, 0.3) is 0 Å². The van der Waals surface area contributed by atoms with E-state index in [1.165, 1.54) is 11.1 Å². The van der Waals surface area contributed by atoms with E-state index in [0.717, 1.165) is 5.56 Å². The first-order chi connectivity index (χ1) is 8.33. The Morgan fingerprint density at radius 2 is 1.82 bits per heavy atom. The molecule has 0 bridgehead atoms. The highest BCUT2D eigenvalue weighted by Gasteiger charge is 2.15. The zero-order chi connectivity index (χ0) is 12.1. The molecule has 1 aromatic heterocycles. The standard InChI is InChI=1S/C15H17NO/c1-3-17-15(13-8-10-16-11-9-13)14-7-5-4-6-12(14)2/h4-11,15H,3H2,1-2H3. The lowest BCUT2D eigenvalue weighted by molar-refractivity contribution is 0.0908. The summed E-state index contributed by atoms with van der Waals surface area (Å²) in [6.45, 7) is 4.83. The van der Waals surface area contributed by atoms with E-state index in [9.17, 15) is 0 Å². The molecule has 0 saturated heterocycles. The van der Waals surface area contributed by atoms with Crippen LogP contribution in [0.25, 0.3) is 0 Å². The molecule has 0 N–H and O–H groups in total. The molecular formula is C15H17NO. The van der Waals surface area contributed by atoms with Crippen LogP contribution in [0, 0.1) is 6.92 Å². The van der Waals surface area contributed by atoms with Gasteiger partial charge in [-0.05, 0) is 42.7 Å². The molecule has 0 radical (unpaired) electrons. The SMILES string of the molecule is CCOC(c1ccncc1)c1ccccc1C. The van der Waals surface area contributed by atoms with Gasteiger partial charge in [-0.15, -0.1) is 0 Å². The Hall–Kier alpha value is -1.67. The van der Waals surface area contributed by atoms with E-state index in [4.69, 9.17) is 4.74 Å². The van der Waals surface area contributed by atoms with Crippen molar-refractivity contribution in [1.29, 1.82) is 0 Å². The number of ether oxygens (including phenoxy) is 1. The molecule has 0 aliphatic rings. The molecule has 1 heterocycles. The van der Waals surface area contributed by atoms with Crippen molar-refractivity contribution in [2.45, 2.75) is 20.0 Å². The number of rotatable bonds is 4. The molecule has 17 heavy (non-hydrogen) atoms. The fourth-order valence-electron chi connectivity index (χ4n) is 1.95. The van der Waals surface area contributed by atoms with E-state index >= 15 is 0 Å². The molecule has 2 rings (SSSR count). The lowest BCUT2D eigenvalue weighted by atomic mass is 9.98. The third-order valence-electron chi connectivity index (χ3n) is 2.81. The molecule has 0 aliphatic carbocycles. The van der Waals surface area contributed by atoms with Gasteiger partial charge in [-0.1, -0.05) is 24.3 Å². The number of hydrogen-bond donors (Lipinski definition) is 0. The van der Waals surface area contributed by atoms with Crippen LogP contribution >= 0.6 is 0 Å². The number of benzene rings is 1. The summed E-state index contributed by atoms with van der Waals surface area (Å²) in [4.78, 5) is 4.05. The maximum absolute atomic E-state index is 5.87. The summed E-state index contributed by atoms with van der Waals surface area (Å²) < 4.78 is 5.87. The second kappa shape index (κ2) is 5.60. The van der Waals surface area contributed by atoms with Crippen LogP contribution in [-0.4, -0.2) is 11.6 Å². The van der Waals surface area contributed by atoms with E-state index in [2.05, 4.69) is 30.1 Å². The highest BCUT2D eigenvalue weighted by molar-refractivity contribution is 5.34. The molecule has 0 saturated carbocycles. The van der Waals surface area contributed by atoms with Crippen LogP contribution in [-0.2, 0) is 4.74 Å². The Kier molecular flexibility index (Phi) is 3.89. The lowest BCUT2D eigenvalue weighted by Gasteiger charge is -2.19. The Labute approximate surface area is 102 Å². The molecule has 1 aromatic carbocycles. The van der Waals surface area contributed by atoms with Crippen LogP contribution < -0.4 is 0 Å². The minimum atomic E-state index is 0.00389. The molecule has 88 valence electrons. The van der Waals surface area contributed by atoms with E-state index in [-0.39, 0.29) is 6.10 Å². The molecule has 0 amide bonds. The van der Waals surface area contributed by atoms with Gasteiger partial charge < -0.3 is 4.74 Å². The van der Waals surface area contributed by atoms with Crippen LogP contribution in [0.4, 0.5) is 0 Å². The highest BCUT2D eigenvalue weighted by atomic mass is 16.5. The first kappa shape index (κ1) is 11.8. The monoisotopic (exact) mass is 227 g/mol. The fraction of sp³-hybridized carbons (Fsp3) is 0.267. The summed E-state index contributed by atoms with van der Waals surface area (Å²) in [5.74, 6) is 0. The van der Waals surface area contributed by atoms with E-state index in [1.54, 1.807) is 12.4 Å². The van der Waals surface area contributed by atoms with Crippen molar-refractivity contribution in [3.05, 3.63) is 65.5 Å². The Morgan fingerprint density at radius 3 is 2.47 bits per heavy atom. The third kappa shape index (κ3) is 2.71. The van der Waals surface area contributed by atoms with Gasteiger partial charge in [0.1, 0.15) is 6.10 Å². The van der Waals surface area contributed by atoms with Gasteiger partial charge in [0, 0.05) is 19.0 Å². The molecule has 0 spiro atoms. The summed E-state index contributed by atoms with van der Waals surface area (Å²) in [5, 5.41) is 0. The molecule has 2 aromatic rings. The fourth-order valence-corrected chi connectivity index (χ4v) is 1.95. The van der Waals surface area contributed by atoms with Crippen molar-refractivity contribution < 1.29 is 4.74 Å². The smallest absolute Gasteiger partial charge is 0.108 e. The van der Waals surface area contributed by atoms with Gasteiger partial charge in [-0.25, -0.2) is 0 Å². The van der Waals surface area contributed by atoms with Crippen molar-refractivity contribution in [3.63, 3.8) is 0 Å². The van der Waals surface area contributed by atoms with Gasteiger partial charge in [0.05, 0.1) is 0 Å². The van der Waals surface area contributed by atoms with Crippen LogP contribution in [0.1, 0.15) is 29.7 Å². The van der Waals surface area contributed by atoms with Gasteiger partial charge in [-0.3, -0.25) is 4.98 Å². The van der Waals surface area contributed by atoms with Crippen molar-refractivity contribution in [1.82, 2.24) is 4.98 Å². The van der Waals surface area contributed by atoms with Crippen LogP contribution in [0.5, 0.6) is 0 Å². The summed E-state index contributed by atoms with van der Waals surface area (Å²) >= 11 is 0. The number of aryl methyl sites for hydroxylation is 1. The normalized spacial score (nSPS) is 12.4. The Balaban J connectivity index is 2.39. The second-order valence-electron chi connectivity index (χ2n) is 3.97. The molecule has 0 fully saturated rings. The number of aromatic nitrogens is 1. The van der Waals surface area contributed by atoms with Crippen molar-refractivity contribution >= 4 is 0 Å². The summed E-state index contributed by atoms with van der Waals surface area (Å²) in [7, 11) is 0. The van der Waals surface area contributed by atoms with Crippen LogP contribution in [0.2, 0.25) is 0 Å². The van der Waals surface area contributed by atoms with E-state index in [1.807, 2.05) is 25.1 Å². The first-order valence-electron chi connectivity index (χ1n) is 5.90. The first-order valence-corrected chi connectivity index (χ1v) is 5.90. The minimum Gasteiger partial charge on any atom is -0.369 e. The van der Waals surface area contributed by atoms with E-state index < -0.39 is 0 Å². The summed E-state index contributed by atoms with van der Waals surface area (Å²) in [6, 6.07) is 12.3. The van der Waals surface area contributed by atoms with Gasteiger partial charge in [0.15, 0.2) is 0 Å². The maximum atomic E-state index is 5.87. The quantitative estimate of drug-likeness (QED) is 0.797. The van der Waals surface area contributed by atoms with Crippen molar-refractivity contribution in [2.75, 3.05) is 6.61 Å². The summed E-state index contributed by atoms with van der Waals surface area (Å²) in [5.41, 5.74) is 3.62. The molecule has 2 nitrogen and oxygen atoms in total. The molecule has 1 unspecified atom stereocenters. The lowest BCUT2D eigenvalue weighted by Crippen LogP contribution is -2.07. The van der Waals surface area contributed by atoms with Gasteiger partial charge in [-0.2, -0.15) is 0 Å². The average Bonchev–Trinajstić information content (AvgIpc) is 2.38. The number of hydrogen-bond acceptors (Lipinski definition) is 2.